The van der Waals surface area contributed by atoms with Crippen molar-refractivity contribution in [2.45, 2.75) is 26.3 Å². The Hall–Kier alpha value is -1.80. The molecule has 1 rings (SSSR count). The first-order chi connectivity index (χ1) is 9.98. The monoisotopic (exact) mass is 378 g/mol. The minimum absolute atomic E-state index is 0.285. The normalized spacial score (nSPS) is 11.9. The van der Waals surface area contributed by atoms with E-state index in [0.717, 1.165) is 12.1 Å². The molecule has 0 heterocycles. The number of amides is 1. The summed E-state index contributed by atoms with van der Waals surface area (Å²) in [5, 5.41) is 19.7. The van der Waals surface area contributed by atoms with Crippen LogP contribution in [-0.2, 0) is 13.3 Å². The van der Waals surface area contributed by atoms with Crippen molar-refractivity contribution in [2.24, 2.45) is 5.73 Å². The Labute approximate surface area is 129 Å². The molecule has 0 bridgehead atoms. The number of aliphatic carboxylic acids is 1. The second-order valence-electron chi connectivity index (χ2n) is 4.28. The van der Waals surface area contributed by atoms with Crippen LogP contribution in [0, 0.1) is 0 Å². The van der Waals surface area contributed by atoms with Gasteiger partial charge in [-0.15, -0.1) is 0 Å². The zero-order valence-corrected chi connectivity index (χ0v) is 13.9. The Bertz CT molecular complexity index is 585. The van der Waals surface area contributed by atoms with Crippen molar-refractivity contribution in [1.29, 1.82) is 0 Å². The molecule has 124 valence electrons. The smallest absolute Gasteiger partial charge is 0.320 e. The summed E-state index contributed by atoms with van der Waals surface area (Å²) >= 11 is -5.09. The van der Waals surface area contributed by atoms with Crippen molar-refractivity contribution in [1.82, 2.24) is 0 Å². The van der Waals surface area contributed by atoms with Gasteiger partial charge in [0, 0.05) is 0 Å². The maximum atomic E-state index is 10.9. The van der Waals surface area contributed by atoms with Crippen molar-refractivity contribution in [3.8, 4) is 5.75 Å². The summed E-state index contributed by atoms with van der Waals surface area (Å²) in [6.07, 6.45) is 0.495. The van der Waals surface area contributed by atoms with Crippen LogP contribution in [-0.4, -0.2) is 50.5 Å². The van der Waals surface area contributed by atoms with E-state index in [0.29, 0.717) is 6.42 Å². The Morgan fingerprint density at radius 2 is 1.91 bits per heavy atom. The summed E-state index contributed by atoms with van der Waals surface area (Å²) in [7, 11) is 0. The molecule has 0 aliphatic rings. The average Bonchev–Trinajstić information content (AvgIpc) is 2.36. The van der Waals surface area contributed by atoms with Crippen LogP contribution in [0.1, 0.15) is 20.3 Å². The number of benzene rings is 1. The van der Waals surface area contributed by atoms with Gasteiger partial charge in [0.2, 0.25) is 0 Å². The quantitative estimate of drug-likeness (QED) is 0.352. The first-order valence-corrected chi connectivity index (χ1v) is 9.52. The van der Waals surface area contributed by atoms with Gasteiger partial charge in [-0.3, -0.25) is 4.79 Å². The molecular weight excluding hydrogens is 359 g/mol. The Morgan fingerprint density at radius 3 is 2.18 bits per heavy atom. The fourth-order valence-corrected chi connectivity index (χ4v) is 2.55. The van der Waals surface area contributed by atoms with E-state index >= 15 is 0 Å². The van der Waals surface area contributed by atoms with E-state index in [2.05, 4.69) is 5.32 Å². The number of carboxylic acids is 1. The minimum Gasteiger partial charge on any atom is -0.480 e. The Balaban J connectivity index is 0.000000534. The molecule has 0 saturated carbocycles. The van der Waals surface area contributed by atoms with Crippen LogP contribution in [0.3, 0.4) is 0 Å². The number of phenolic OH excluding ortho intramolecular Hbond substituents is 1. The summed E-state index contributed by atoms with van der Waals surface area (Å²) in [6, 6.07) is 2.83. The van der Waals surface area contributed by atoms with Gasteiger partial charge in [-0.05, 0) is 6.42 Å². The number of rotatable bonds is 4. The first-order valence-electron chi connectivity index (χ1n) is 6.14. The van der Waals surface area contributed by atoms with E-state index < -0.39 is 36.3 Å². The fraction of sp³-hybridized carbons (Fsp3) is 0.333. The molecule has 0 aliphatic heterocycles. The number of nitrogens with two attached hydrogens (primary N) is 1. The number of nitrogens with one attached hydrogen (secondary N) is 1. The number of aromatic hydroxyl groups is 1. The van der Waals surface area contributed by atoms with Crippen LogP contribution in [0.25, 0.3) is 0 Å². The third-order valence-corrected chi connectivity index (χ3v) is 4.48. The molecule has 22 heavy (non-hydrogen) atoms. The molecule has 9 nitrogen and oxygen atoms in total. The number of carboxylic acid groups (broad SMARTS) is 1. The predicted octanol–water partition coefficient (Wildman–Crippen LogP) is -1.28. The molecule has 0 spiro atoms. The fourth-order valence-electron chi connectivity index (χ4n) is 1.23. The van der Waals surface area contributed by atoms with Crippen LogP contribution in [0.5, 0.6) is 5.75 Å². The van der Waals surface area contributed by atoms with Crippen LogP contribution in [0.4, 0.5) is 5.69 Å². The van der Waals surface area contributed by atoms with Gasteiger partial charge >= 0.3 is 94.1 Å². The van der Waals surface area contributed by atoms with E-state index in [1.807, 2.05) is 0 Å². The van der Waals surface area contributed by atoms with Gasteiger partial charge in [0.25, 0.3) is 0 Å². The third kappa shape index (κ3) is 7.28. The number of carbonyl (C=O) groups is 2. The molecule has 0 unspecified atom stereocenters. The largest absolute Gasteiger partial charge is 0.480 e. The molecular formula is C12H19AsN2O7. The van der Waals surface area contributed by atoms with Crippen molar-refractivity contribution in [2.75, 3.05) is 5.32 Å². The predicted molar refractivity (Wildman–Crippen MR) is 78.8 cm³/mol. The molecule has 10 heteroatoms. The standard InChI is InChI=1S/C8H10AsNO5.C4H9NO2/c1-5(11)10-6-2-3-7(8(12)4-6)9(13,14)15;1-2-3(5)4(6)7/h2-4,12H,1H3,(H,10,11)(H2,13,14,15);3H,2,5H2,1H3,(H,6,7)/t;3-/m.0/s1. The first kappa shape index (κ1) is 20.2. The van der Waals surface area contributed by atoms with Gasteiger partial charge in [-0.25, -0.2) is 0 Å². The summed E-state index contributed by atoms with van der Waals surface area (Å²) in [6.45, 7) is 3.02. The second-order valence-corrected chi connectivity index (χ2v) is 7.58. The van der Waals surface area contributed by atoms with Crippen LogP contribution < -0.4 is 15.4 Å². The maximum absolute atomic E-state index is 10.9. The van der Waals surface area contributed by atoms with E-state index in [4.69, 9.17) is 19.0 Å². The number of hydrogen-bond donors (Lipinski definition) is 6. The number of phenols is 1. The van der Waals surface area contributed by atoms with Gasteiger partial charge in [0.15, 0.2) is 0 Å². The number of hydrogen-bond acceptors (Lipinski definition) is 5. The molecule has 0 radical (unpaired) electrons. The van der Waals surface area contributed by atoms with Gasteiger partial charge < -0.3 is 10.8 Å². The molecule has 1 aromatic rings. The molecule has 1 amide bonds. The zero-order valence-electron chi connectivity index (χ0n) is 12.1. The topological polar surface area (TPSA) is 170 Å². The van der Waals surface area contributed by atoms with Crippen molar-refractivity contribution < 1.29 is 31.7 Å². The average molecular weight is 378 g/mol. The van der Waals surface area contributed by atoms with Crippen LogP contribution >= 0.6 is 0 Å². The number of carbonyl (C=O) groups excluding carboxylic acids is 1. The summed E-state index contributed by atoms with van der Waals surface area (Å²) < 4.78 is 28.2. The van der Waals surface area contributed by atoms with Crippen molar-refractivity contribution >= 4 is 36.1 Å². The minimum atomic E-state index is -5.09. The summed E-state index contributed by atoms with van der Waals surface area (Å²) in [5.41, 5.74) is 5.30. The molecule has 7 N–H and O–H groups in total. The summed E-state index contributed by atoms with van der Waals surface area (Å²) in [4.78, 5) is 20.5. The van der Waals surface area contributed by atoms with Crippen molar-refractivity contribution in [3.63, 3.8) is 0 Å². The zero-order chi connectivity index (χ0) is 17.5. The molecule has 0 fully saturated rings. The molecule has 0 aliphatic carbocycles. The third-order valence-electron chi connectivity index (χ3n) is 2.37. The van der Waals surface area contributed by atoms with E-state index in [1.54, 1.807) is 6.92 Å². The maximum Gasteiger partial charge on any atom is 0.320 e. The number of anilines is 1. The second kappa shape index (κ2) is 8.60. The van der Waals surface area contributed by atoms with Crippen LogP contribution in [0.2, 0.25) is 0 Å². The van der Waals surface area contributed by atoms with Gasteiger partial charge in [-0.2, -0.15) is 0 Å². The molecule has 0 aromatic heterocycles. The molecule has 1 aromatic carbocycles. The Morgan fingerprint density at radius 1 is 1.36 bits per heavy atom. The Kier molecular flexibility index (Phi) is 7.89. The summed E-state index contributed by atoms with van der Waals surface area (Å²) in [5.74, 6) is -1.78. The van der Waals surface area contributed by atoms with Gasteiger partial charge in [0.05, 0.1) is 0 Å². The van der Waals surface area contributed by atoms with E-state index in [9.17, 15) is 18.4 Å². The SMILES string of the molecule is CC(=O)Nc1ccc([As](=O)(O)O)c(O)c1.CC[C@H](N)C(=O)O. The molecule has 1 atom stereocenters. The van der Waals surface area contributed by atoms with Gasteiger partial charge in [0.1, 0.15) is 6.04 Å². The van der Waals surface area contributed by atoms with Crippen molar-refractivity contribution in [3.05, 3.63) is 18.2 Å². The van der Waals surface area contributed by atoms with E-state index in [1.165, 1.54) is 13.0 Å². The van der Waals surface area contributed by atoms with E-state index in [-0.39, 0.29) is 11.6 Å². The van der Waals surface area contributed by atoms with Crippen LogP contribution in [0.15, 0.2) is 18.2 Å². The molecule has 0 saturated heterocycles. The van der Waals surface area contributed by atoms with Gasteiger partial charge in [-0.1, -0.05) is 6.92 Å².